The molecule has 88 valence electrons. The Morgan fingerprint density at radius 1 is 1.41 bits per heavy atom. The van der Waals surface area contributed by atoms with Crippen LogP contribution in [0.2, 0.25) is 0 Å². The number of nitrogens with one attached hydrogen (secondary N) is 2. The van der Waals surface area contributed by atoms with Gasteiger partial charge in [-0.25, -0.2) is 4.98 Å². The topological polar surface area (TPSA) is 70.7 Å². The van der Waals surface area contributed by atoms with Crippen molar-refractivity contribution in [2.45, 2.75) is 19.9 Å². The van der Waals surface area contributed by atoms with Gasteiger partial charge in [-0.05, 0) is 26.0 Å². The van der Waals surface area contributed by atoms with Crippen molar-refractivity contribution in [3.05, 3.63) is 52.2 Å². The van der Waals surface area contributed by atoms with Gasteiger partial charge in [0.25, 0.3) is 5.56 Å². The minimum Gasteiger partial charge on any atom is -0.348 e. The van der Waals surface area contributed by atoms with Gasteiger partial charge in [-0.15, -0.1) is 0 Å². The largest absolute Gasteiger partial charge is 0.348 e. The first-order chi connectivity index (χ1) is 8.15. The Kier molecular flexibility index (Phi) is 3.18. The monoisotopic (exact) mass is 230 g/mol. The molecule has 0 unspecified atom stereocenters. The first kappa shape index (κ1) is 11.3. The molecule has 0 aliphatic carbocycles. The predicted octanol–water partition coefficient (Wildman–Crippen LogP) is 1.65. The van der Waals surface area contributed by atoms with E-state index in [0.717, 1.165) is 5.69 Å². The molecule has 0 saturated carbocycles. The summed E-state index contributed by atoms with van der Waals surface area (Å²) in [7, 11) is 0. The quantitative estimate of drug-likeness (QED) is 0.841. The second-order valence-electron chi connectivity index (χ2n) is 3.86. The van der Waals surface area contributed by atoms with Crippen molar-refractivity contribution < 1.29 is 0 Å². The summed E-state index contributed by atoms with van der Waals surface area (Å²) in [6.07, 6.45) is 1.74. The summed E-state index contributed by atoms with van der Waals surface area (Å²) in [5.41, 5.74) is 1.43. The molecule has 1 atom stereocenters. The maximum atomic E-state index is 11.3. The number of H-pyrrole nitrogens is 1. The van der Waals surface area contributed by atoms with Gasteiger partial charge in [-0.3, -0.25) is 14.8 Å². The van der Waals surface area contributed by atoms with Crippen molar-refractivity contribution in [2.24, 2.45) is 0 Å². The zero-order valence-corrected chi connectivity index (χ0v) is 9.77. The third-order valence-electron chi connectivity index (χ3n) is 2.35. The molecule has 2 rings (SSSR count). The second kappa shape index (κ2) is 4.78. The summed E-state index contributed by atoms with van der Waals surface area (Å²) in [4.78, 5) is 22.4. The number of aromatic amines is 1. The molecule has 0 aliphatic rings. The molecule has 2 aromatic heterocycles. The van der Waals surface area contributed by atoms with E-state index in [-0.39, 0.29) is 11.6 Å². The smallest absolute Gasteiger partial charge is 0.252 e. The average molecular weight is 230 g/mol. The fourth-order valence-electron chi connectivity index (χ4n) is 1.56. The number of rotatable bonds is 3. The number of anilines is 1. The van der Waals surface area contributed by atoms with E-state index in [4.69, 9.17) is 0 Å². The molecule has 2 heterocycles. The van der Waals surface area contributed by atoms with Crippen molar-refractivity contribution in [1.29, 1.82) is 0 Å². The van der Waals surface area contributed by atoms with Crippen LogP contribution in [0.4, 0.5) is 5.95 Å². The number of nitrogens with zero attached hydrogens (tertiary/aromatic N) is 2. The van der Waals surface area contributed by atoms with Crippen LogP contribution < -0.4 is 10.9 Å². The van der Waals surface area contributed by atoms with Crippen molar-refractivity contribution in [3.63, 3.8) is 0 Å². The molecule has 0 aliphatic heterocycles. The maximum Gasteiger partial charge on any atom is 0.252 e. The number of hydrogen-bond donors (Lipinski definition) is 2. The predicted molar refractivity (Wildman–Crippen MR) is 65.9 cm³/mol. The zero-order valence-electron chi connectivity index (χ0n) is 9.77. The van der Waals surface area contributed by atoms with E-state index in [0.29, 0.717) is 11.6 Å². The first-order valence-corrected chi connectivity index (χ1v) is 5.40. The van der Waals surface area contributed by atoms with Gasteiger partial charge >= 0.3 is 0 Å². The molecule has 0 spiro atoms. The Morgan fingerprint density at radius 2 is 2.24 bits per heavy atom. The van der Waals surface area contributed by atoms with Crippen LogP contribution in [0.5, 0.6) is 0 Å². The van der Waals surface area contributed by atoms with Crippen LogP contribution in [0.25, 0.3) is 0 Å². The van der Waals surface area contributed by atoms with E-state index < -0.39 is 0 Å². The highest BCUT2D eigenvalue weighted by atomic mass is 16.1. The number of aromatic nitrogens is 3. The van der Waals surface area contributed by atoms with Gasteiger partial charge in [0, 0.05) is 18.0 Å². The van der Waals surface area contributed by atoms with E-state index in [2.05, 4.69) is 20.3 Å². The SMILES string of the molecule is Cc1cc(=O)[nH]c(N[C@@H](C)c2ccccn2)n1. The molecule has 5 heteroatoms. The number of pyridine rings is 1. The highest BCUT2D eigenvalue weighted by molar-refractivity contribution is 5.29. The Hall–Kier alpha value is -2.17. The van der Waals surface area contributed by atoms with Gasteiger partial charge in [0.15, 0.2) is 0 Å². The van der Waals surface area contributed by atoms with Gasteiger partial charge in [-0.1, -0.05) is 6.07 Å². The normalized spacial score (nSPS) is 12.1. The molecule has 0 amide bonds. The fourth-order valence-corrected chi connectivity index (χ4v) is 1.56. The molecule has 5 nitrogen and oxygen atoms in total. The summed E-state index contributed by atoms with van der Waals surface area (Å²) in [5, 5.41) is 3.11. The molecule has 17 heavy (non-hydrogen) atoms. The van der Waals surface area contributed by atoms with Crippen molar-refractivity contribution in [3.8, 4) is 0 Å². The van der Waals surface area contributed by atoms with Crippen LogP contribution in [-0.4, -0.2) is 15.0 Å². The van der Waals surface area contributed by atoms with Gasteiger partial charge in [0.05, 0.1) is 11.7 Å². The zero-order chi connectivity index (χ0) is 12.3. The van der Waals surface area contributed by atoms with Crippen LogP contribution in [0.1, 0.15) is 24.4 Å². The van der Waals surface area contributed by atoms with Gasteiger partial charge in [-0.2, -0.15) is 0 Å². The van der Waals surface area contributed by atoms with E-state index in [9.17, 15) is 4.79 Å². The van der Waals surface area contributed by atoms with Crippen LogP contribution >= 0.6 is 0 Å². The summed E-state index contributed by atoms with van der Waals surface area (Å²) < 4.78 is 0. The van der Waals surface area contributed by atoms with Gasteiger partial charge < -0.3 is 5.32 Å². The molecule has 0 saturated heterocycles. The molecule has 0 bridgehead atoms. The van der Waals surface area contributed by atoms with Crippen LogP contribution in [-0.2, 0) is 0 Å². The Bertz CT molecular complexity index is 550. The number of aryl methyl sites for hydroxylation is 1. The highest BCUT2D eigenvalue weighted by Gasteiger charge is 2.07. The summed E-state index contributed by atoms with van der Waals surface area (Å²) in [5.74, 6) is 0.466. The molecular weight excluding hydrogens is 216 g/mol. The third-order valence-corrected chi connectivity index (χ3v) is 2.35. The van der Waals surface area contributed by atoms with E-state index in [1.165, 1.54) is 6.07 Å². The minimum atomic E-state index is -0.159. The Balaban J connectivity index is 2.18. The molecule has 2 aromatic rings. The van der Waals surface area contributed by atoms with Crippen LogP contribution in [0.15, 0.2) is 35.3 Å². The molecular formula is C12H14N4O. The summed E-state index contributed by atoms with van der Waals surface area (Å²) in [6, 6.07) is 7.15. The van der Waals surface area contributed by atoms with Crippen molar-refractivity contribution in [1.82, 2.24) is 15.0 Å². The average Bonchev–Trinajstić information content (AvgIpc) is 2.28. The lowest BCUT2D eigenvalue weighted by Crippen LogP contribution is -2.16. The van der Waals surface area contributed by atoms with E-state index in [1.54, 1.807) is 13.1 Å². The van der Waals surface area contributed by atoms with Crippen molar-refractivity contribution in [2.75, 3.05) is 5.32 Å². The minimum absolute atomic E-state index is 0.0128. The Labute approximate surface area is 99.0 Å². The van der Waals surface area contributed by atoms with Crippen LogP contribution in [0, 0.1) is 6.92 Å². The highest BCUT2D eigenvalue weighted by Crippen LogP contribution is 2.12. The molecule has 2 N–H and O–H groups in total. The lowest BCUT2D eigenvalue weighted by Gasteiger charge is -2.13. The van der Waals surface area contributed by atoms with E-state index in [1.807, 2.05) is 25.1 Å². The standard InChI is InChI=1S/C12H14N4O/c1-8-7-11(17)16-12(14-8)15-9(2)10-5-3-4-6-13-10/h3-7,9H,1-2H3,(H2,14,15,16,17)/t9-/m0/s1. The maximum absolute atomic E-state index is 11.3. The second-order valence-corrected chi connectivity index (χ2v) is 3.86. The third kappa shape index (κ3) is 2.90. The fraction of sp³-hybridized carbons (Fsp3) is 0.250. The summed E-state index contributed by atoms with van der Waals surface area (Å²) in [6.45, 7) is 3.75. The summed E-state index contributed by atoms with van der Waals surface area (Å²) >= 11 is 0. The Morgan fingerprint density at radius 3 is 2.88 bits per heavy atom. The molecule has 0 aromatic carbocycles. The molecule has 0 radical (unpaired) electrons. The van der Waals surface area contributed by atoms with Crippen molar-refractivity contribution >= 4 is 5.95 Å². The van der Waals surface area contributed by atoms with Gasteiger partial charge in [0.1, 0.15) is 0 Å². The number of hydrogen-bond acceptors (Lipinski definition) is 4. The lowest BCUT2D eigenvalue weighted by atomic mass is 10.2. The van der Waals surface area contributed by atoms with Gasteiger partial charge in [0.2, 0.25) is 5.95 Å². The molecule has 0 fully saturated rings. The van der Waals surface area contributed by atoms with E-state index >= 15 is 0 Å². The lowest BCUT2D eigenvalue weighted by molar-refractivity contribution is 0.817. The first-order valence-electron chi connectivity index (χ1n) is 5.40. The van der Waals surface area contributed by atoms with Crippen LogP contribution in [0.3, 0.4) is 0 Å².